The van der Waals surface area contributed by atoms with Gasteiger partial charge < -0.3 is 4.52 Å². The number of nitrogens with one attached hydrogen (secondary N) is 1. The molecule has 28 heavy (non-hydrogen) atoms. The van der Waals surface area contributed by atoms with Gasteiger partial charge in [0.1, 0.15) is 5.76 Å². The van der Waals surface area contributed by atoms with Gasteiger partial charge in [-0.15, -0.1) is 0 Å². The van der Waals surface area contributed by atoms with Crippen LogP contribution in [0.5, 0.6) is 0 Å². The van der Waals surface area contributed by atoms with Crippen LogP contribution in [0.4, 0.5) is 0 Å². The Kier molecular flexibility index (Phi) is 4.56. The van der Waals surface area contributed by atoms with Crippen LogP contribution in [-0.4, -0.2) is 30.8 Å². The summed E-state index contributed by atoms with van der Waals surface area (Å²) in [4.78, 5) is 0. The zero-order chi connectivity index (χ0) is 19.8. The molecule has 0 aliphatic carbocycles. The van der Waals surface area contributed by atoms with Gasteiger partial charge in [0, 0.05) is 28.6 Å². The third-order valence-electron chi connectivity index (χ3n) is 4.59. The van der Waals surface area contributed by atoms with Gasteiger partial charge in [-0.25, -0.2) is 5.10 Å². The molecule has 8 heteroatoms. The normalized spacial score (nSPS) is 11.6. The first-order valence-corrected chi connectivity index (χ1v) is 9.26. The maximum atomic E-state index is 5.36. The fraction of sp³-hybridized carbons (Fsp3) is 0.200. The first-order valence-electron chi connectivity index (χ1n) is 8.85. The van der Waals surface area contributed by atoms with Crippen molar-refractivity contribution in [3.8, 4) is 17.2 Å². The van der Waals surface area contributed by atoms with Gasteiger partial charge in [0.2, 0.25) is 4.77 Å². The van der Waals surface area contributed by atoms with E-state index in [1.54, 1.807) is 10.9 Å². The summed E-state index contributed by atoms with van der Waals surface area (Å²) in [5.74, 6) is 2.19. The third kappa shape index (κ3) is 3.22. The first kappa shape index (κ1) is 18.1. The lowest BCUT2D eigenvalue weighted by Gasteiger charge is -2.04. The minimum Gasteiger partial charge on any atom is -0.360 e. The Morgan fingerprint density at radius 3 is 2.54 bits per heavy atom. The van der Waals surface area contributed by atoms with E-state index in [9.17, 15) is 0 Å². The average molecular weight is 392 g/mol. The van der Waals surface area contributed by atoms with Gasteiger partial charge in [-0.2, -0.15) is 14.9 Å². The number of hydrogen-bond donors (Lipinski definition) is 1. The van der Waals surface area contributed by atoms with Crippen LogP contribution in [0, 0.1) is 32.5 Å². The molecular weight excluding hydrogens is 372 g/mol. The number of H-pyrrole nitrogens is 1. The number of aromatic nitrogens is 5. The molecule has 0 aliphatic rings. The lowest BCUT2D eigenvalue weighted by molar-refractivity contribution is 0.394. The molecule has 0 fully saturated rings. The molecule has 0 saturated carbocycles. The molecule has 0 aliphatic heterocycles. The standard InChI is InChI=1S/C20H20N6OS/c1-12-5-7-16(8-6-12)19-22-23-20(28)26(19)21-11-17-9-13(2)25(15(17)4)18-10-14(3)27-24-18/h5-11H,1-4H3,(H,23,28)/b21-11-. The molecule has 0 unspecified atom stereocenters. The highest BCUT2D eigenvalue weighted by Crippen LogP contribution is 2.21. The van der Waals surface area contributed by atoms with Crippen molar-refractivity contribution in [1.29, 1.82) is 0 Å². The molecule has 4 aromatic rings. The number of aromatic amines is 1. The zero-order valence-corrected chi connectivity index (χ0v) is 16.9. The van der Waals surface area contributed by atoms with Crippen LogP contribution in [0.1, 0.15) is 28.3 Å². The van der Waals surface area contributed by atoms with Crippen molar-refractivity contribution in [2.24, 2.45) is 5.10 Å². The maximum Gasteiger partial charge on any atom is 0.216 e. The second-order valence-corrected chi connectivity index (χ2v) is 7.12. The highest BCUT2D eigenvalue weighted by atomic mass is 32.1. The second-order valence-electron chi connectivity index (χ2n) is 6.73. The molecule has 0 saturated heterocycles. The summed E-state index contributed by atoms with van der Waals surface area (Å²) in [6.07, 6.45) is 1.79. The van der Waals surface area contributed by atoms with Crippen LogP contribution >= 0.6 is 12.2 Å². The maximum absolute atomic E-state index is 5.36. The van der Waals surface area contributed by atoms with Crippen molar-refractivity contribution in [3.05, 3.63) is 69.4 Å². The SMILES string of the molecule is Cc1ccc(-c2n[nH]c(=S)n2/N=C\c2cc(C)n(-c3cc(C)on3)c2C)cc1. The Labute approximate surface area is 167 Å². The molecule has 1 aromatic carbocycles. The fourth-order valence-electron chi connectivity index (χ4n) is 3.14. The summed E-state index contributed by atoms with van der Waals surface area (Å²) in [6.45, 7) is 7.97. The van der Waals surface area contributed by atoms with E-state index >= 15 is 0 Å². The molecule has 142 valence electrons. The topological polar surface area (TPSA) is 76.9 Å². The van der Waals surface area contributed by atoms with E-state index in [4.69, 9.17) is 16.7 Å². The predicted octanol–water partition coefficient (Wildman–Crippen LogP) is 4.50. The first-order chi connectivity index (χ1) is 13.4. The smallest absolute Gasteiger partial charge is 0.216 e. The van der Waals surface area contributed by atoms with Gasteiger partial charge >= 0.3 is 0 Å². The van der Waals surface area contributed by atoms with Crippen LogP contribution in [0.25, 0.3) is 17.2 Å². The number of benzene rings is 1. The molecule has 0 spiro atoms. The van der Waals surface area contributed by atoms with Crippen molar-refractivity contribution in [2.45, 2.75) is 27.7 Å². The summed E-state index contributed by atoms with van der Waals surface area (Å²) in [5, 5.41) is 15.8. The second kappa shape index (κ2) is 7.05. The van der Waals surface area contributed by atoms with Gasteiger partial charge in [-0.3, -0.25) is 4.57 Å². The molecule has 4 rings (SSSR count). The minimum absolute atomic E-state index is 0.438. The van der Waals surface area contributed by atoms with Gasteiger partial charge in [0.15, 0.2) is 11.6 Å². The molecule has 3 aromatic heterocycles. The van der Waals surface area contributed by atoms with Gasteiger partial charge in [0.05, 0.1) is 6.21 Å². The van der Waals surface area contributed by atoms with Crippen molar-refractivity contribution < 1.29 is 4.52 Å². The number of nitrogens with zero attached hydrogens (tertiary/aromatic N) is 5. The summed E-state index contributed by atoms with van der Waals surface area (Å²) < 4.78 is 9.32. The molecule has 7 nitrogen and oxygen atoms in total. The Balaban J connectivity index is 1.72. The van der Waals surface area contributed by atoms with E-state index < -0.39 is 0 Å². The van der Waals surface area contributed by atoms with E-state index in [1.165, 1.54) is 5.56 Å². The number of aryl methyl sites for hydroxylation is 3. The Morgan fingerprint density at radius 1 is 1.11 bits per heavy atom. The molecule has 0 amide bonds. The Hall–Kier alpha value is -3.26. The van der Waals surface area contributed by atoms with Gasteiger partial charge in [-0.05, 0) is 46.0 Å². The predicted molar refractivity (Wildman–Crippen MR) is 111 cm³/mol. The number of hydrogen-bond acceptors (Lipinski definition) is 5. The molecule has 3 heterocycles. The van der Waals surface area contributed by atoms with Crippen LogP contribution in [0.15, 0.2) is 46.0 Å². The van der Waals surface area contributed by atoms with E-state index in [1.807, 2.05) is 62.6 Å². The summed E-state index contributed by atoms with van der Waals surface area (Å²) >= 11 is 5.36. The molecule has 0 atom stereocenters. The fourth-order valence-corrected chi connectivity index (χ4v) is 3.32. The summed E-state index contributed by atoms with van der Waals surface area (Å²) in [5.41, 5.74) is 5.15. The zero-order valence-electron chi connectivity index (χ0n) is 16.1. The van der Waals surface area contributed by atoms with Crippen molar-refractivity contribution >= 4 is 18.4 Å². The Morgan fingerprint density at radius 2 is 1.86 bits per heavy atom. The van der Waals surface area contributed by atoms with Crippen LogP contribution in [-0.2, 0) is 0 Å². The molecule has 0 radical (unpaired) electrons. The largest absolute Gasteiger partial charge is 0.360 e. The van der Waals surface area contributed by atoms with E-state index in [-0.39, 0.29) is 0 Å². The van der Waals surface area contributed by atoms with E-state index in [0.29, 0.717) is 10.6 Å². The quantitative estimate of drug-likeness (QED) is 0.410. The van der Waals surface area contributed by atoms with E-state index in [2.05, 4.69) is 26.5 Å². The molecule has 0 bridgehead atoms. The van der Waals surface area contributed by atoms with Crippen molar-refractivity contribution in [2.75, 3.05) is 0 Å². The summed E-state index contributed by atoms with van der Waals surface area (Å²) in [6, 6.07) is 12.0. The average Bonchev–Trinajstić information content (AvgIpc) is 3.32. The van der Waals surface area contributed by atoms with E-state index in [0.717, 1.165) is 34.1 Å². The van der Waals surface area contributed by atoms with Crippen molar-refractivity contribution in [1.82, 2.24) is 24.6 Å². The monoisotopic (exact) mass is 392 g/mol. The van der Waals surface area contributed by atoms with Crippen LogP contribution in [0.3, 0.4) is 0 Å². The summed E-state index contributed by atoms with van der Waals surface area (Å²) in [7, 11) is 0. The highest BCUT2D eigenvalue weighted by Gasteiger charge is 2.13. The van der Waals surface area contributed by atoms with Crippen LogP contribution < -0.4 is 0 Å². The van der Waals surface area contributed by atoms with Gasteiger partial charge in [-0.1, -0.05) is 35.0 Å². The molecular formula is C20H20N6OS. The van der Waals surface area contributed by atoms with Crippen LogP contribution in [0.2, 0.25) is 0 Å². The van der Waals surface area contributed by atoms with Gasteiger partial charge in [0.25, 0.3) is 0 Å². The third-order valence-corrected chi connectivity index (χ3v) is 4.85. The number of rotatable bonds is 4. The minimum atomic E-state index is 0.438. The lowest BCUT2D eigenvalue weighted by atomic mass is 10.1. The Bertz CT molecular complexity index is 1220. The highest BCUT2D eigenvalue weighted by molar-refractivity contribution is 7.71. The van der Waals surface area contributed by atoms with Crippen molar-refractivity contribution in [3.63, 3.8) is 0 Å². The molecule has 1 N–H and O–H groups in total. The lowest BCUT2D eigenvalue weighted by Crippen LogP contribution is -2.00.